The third-order valence-corrected chi connectivity index (χ3v) is 4.36. The number of phenolic OH excluding ortho intramolecular Hbond substituents is 1. The summed E-state index contributed by atoms with van der Waals surface area (Å²) in [5, 5.41) is 10.4. The molecule has 0 aliphatic rings. The van der Waals surface area contributed by atoms with Gasteiger partial charge in [-0.3, -0.25) is 0 Å². The van der Waals surface area contributed by atoms with Crippen LogP contribution in [0.3, 0.4) is 0 Å². The first-order valence-corrected chi connectivity index (χ1v) is 8.35. The van der Waals surface area contributed by atoms with Gasteiger partial charge in [-0.15, -0.1) is 0 Å². The summed E-state index contributed by atoms with van der Waals surface area (Å²) < 4.78 is 5.64. The van der Waals surface area contributed by atoms with E-state index in [1.165, 1.54) is 0 Å². The molecule has 0 saturated heterocycles. The van der Waals surface area contributed by atoms with Gasteiger partial charge in [-0.25, -0.2) is 4.98 Å². The van der Waals surface area contributed by atoms with Crippen molar-refractivity contribution in [3.8, 4) is 17.4 Å². The van der Waals surface area contributed by atoms with Gasteiger partial charge in [0.25, 0.3) is 0 Å². The lowest BCUT2D eigenvalue weighted by molar-refractivity contribution is 0.454. The predicted molar refractivity (Wildman–Crippen MR) is 101 cm³/mol. The smallest absolute Gasteiger partial charge is 0.219 e. The van der Waals surface area contributed by atoms with E-state index in [0.717, 1.165) is 11.3 Å². The Bertz CT molecular complexity index is 852. The van der Waals surface area contributed by atoms with Gasteiger partial charge < -0.3 is 14.7 Å². The molecule has 0 aliphatic carbocycles. The lowest BCUT2D eigenvalue weighted by Crippen LogP contribution is -2.16. The molecule has 3 aromatic rings. The zero-order valence-electron chi connectivity index (χ0n) is 13.5. The first-order chi connectivity index (χ1) is 12.0. The number of benzene rings is 2. The number of aromatic hydroxyl groups is 1. The SMILES string of the molecule is CN(Cc1ccc(Cl)c(Cl)c1)c1ccc(Oc2ccc(O)cc2)nc1. The van der Waals surface area contributed by atoms with Crippen LogP contribution in [0.4, 0.5) is 5.69 Å². The summed E-state index contributed by atoms with van der Waals surface area (Å²) in [5.41, 5.74) is 2.01. The number of nitrogens with zero attached hydrogens (tertiary/aromatic N) is 2. The van der Waals surface area contributed by atoms with Crippen LogP contribution >= 0.6 is 23.2 Å². The van der Waals surface area contributed by atoms with Gasteiger partial charge in [-0.05, 0) is 48.0 Å². The van der Waals surface area contributed by atoms with Crippen LogP contribution < -0.4 is 9.64 Å². The van der Waals surface area contributed by atoms with E-state index in [9.17, 15) is 5.11 Å². The second kappa shape index (κ2) is 7.64. The topological polar surface area (TPSA) is 45.6 Å². The summed E-state index contributed by atoms with van der Waals surface area (Å²) in [6.07, 6.45) is 1.74. The summed E-state index contributed by atoms with van der Waals surface area (Å²) in [4.78, 5) is 6.37. The van der Waals surface area contributed by atoms with Crippen LogP contribution in [0.15, 0.2) is 60.8 Å². The Labute approximate surface area is 156 Å². The number of anilines is 1. The number of hydrogen-bond acceptors (Lipinski definition) is 4. The average molecular weight is 375 g/mol. The standard InChI is InChI=1S/C19H16Cl2N2O2/c1-23(12-13-2-8-17(20)18(21)10-13)14-3-9-19(22-11-14)25-16-6-4-15(24)5-7-16/h2-11,24H,12H2,1H3. The lowest BCUT2D eigenvalue weighted by Gasteiger charge is -2.19. The van der Waals surface area contributed by atoms with Gasteiger partial charge in [0.05, 0.1) is 21.9 Å². The van der Waals surface area contributed by atoms with Crippen molar-refractivity contribution in [2.75, 3.05) is 11.9 Å². The molecule has 0 fully saturated rings. The van der Waals surface area contributed by atoms with E-state index in [4.69, 9.17) is 27.9 Å². The Morgan fingerprint density at radius 2 is 1.76 bits per heavy atom. The second-order valence-corrected chi connectivity index (χ2v) is 6.37. The number of hydrogen-bond donors (Lipinski definition) is 1. The van der Waals surface area contributed by atoms with Gasteiger partial charge in [-0.2, -0.15) is 0 Å². The first kappa shape index (κ1) is 17.4. The highest BCUT2D eigenvalue weighted by molar-refractivity contribution is 6.42. The molecule has 128 valence electrons. The minimum absolute atomic E-state index is 0.194. The summed E-state index contributed by atoms with van der Waals surface area (Å²) in [7, 11) is 1.97. The lowest BCUT2D eigenvalue weighted by atomic mass is 10.2. The quantitative estimate of drug-likeness (QED) is 0.638. The van der Waals surface area contributed by atoms with Crippen molar-refractivity contribution < 1.29 is 9.84 Å². The van der Waals surface area contributed by atoms with Crippen LogP contribution in [-0.4, -0.2) is 17.1 Å². The fourth-order valence-corrected chi connectivity index (χ4v) is 2.62. The summed E-state index contributed by atoms with van der Waals surface area (Å²) in [6, 6.07) is 15.8. The molecule has 0 spiro atoms. The molecule has 1 aromatic heterocycles. The molecule has 0 amide bonds. The molecule has 2 aromatic carbocycles. The molecule has 0 aliphatic heterocycles. The maximum atomic E-state index is 9.28. The average Bonchev–Trinajstić information content (AvgIpc) is 2.61. The molecule has 4 nitrogen and oxygen atoms in total. The van der Waals surface area contributed by atoms with E-state index >= 15 is 0 Å². The predicted octanol–water partition coefficient (Wildman–Crippen LogP) is 5.52. The summed E-state index contributed by atoms with van der Waals surface area (Å²) in [5.74, 6) is 1.29. The van der Waals surface area contributed by atoms with Gasteiger partial charge in [0.1, 0.15) is 11.5 Å². The molecule has 25 heavy (non-hydrogen) atoms. The number of aromatic nitrogens is 1. The fraction of sp³-hybridized carbons (Fsp3) is 0.105. The minimum Gasteiger partial charge on any atom is -0.508 e. The van der Waals surface area contributed by atoms with Crippen LogP contribution in [0.5, 0.6) is 17.4 Å². The van der Waals surface area contributed by atoms with Crippen molar-refractivity contribution in [1.29, 1.82) is 0 Å². The highest BCUT2D eigenvalue weighted by Gasteiger charge is 2.06. The van der Waals surface area contributed by atoms with Gasteiger partial charge in [0.15, 0.2) is 0 Å². The number of halogens is 2. The molecular formula is C19H16Cl2N2O2. The second-order valence-electron chi connectivity index (χ2n) is 5.56. The van der Waals surface area contributed by atoms with Crippen molar-refractivity contribution in [3.63, 3.8) is 0 Å². The van der Waals surface area contributed by atoms with Crippen molar-refractivity contribution in [2.45, 2.75) is 6.54 Å². The zero-order valence-corrected chi connectivity index (χ0v) is 15.0. The molecule has 0 radical (unpaired) electrons. The number of phenols is 1. The Morgan fingerprint density at radius 1 is 1.00 bits per heavy atom. The Morgan fingerprint density at radius 3 is 2.40 bits per heavy atom. The molecule has 1 heterocycles. The van der Waals surface area contributed by atoms with Gasteiger partial charge >= 0.3 is 0 Å². The van der Waals surface area contributed by atoms with Crippen LogP contribution in [-0.2, 0) is 6.54 Å². The maximum Gasteiger partial charge on any atom is 0.219 e. The Balaban J connectivity index is 1.66. The highest BCUT2D eigenvalue weighted by Crippen LogP contribution is 2.26. The molecule has 3 rings (SSSR count). The normalized spacial score (nSPS) is 10.5. The van der Waals surface area contributed by atoms with Crippen molar-refractivity contribution in [3.05, 3.63) is 76.4 Å². The van der Waals surface area contributed by atoms with E-state index in [0.29, 0.717) is 28.2 Å². The van der Waals surface area contributed by atoms with Crippen molar-refractivity contribution in [1.82, 2.24) is 4.98 Å². The highest BCUT2D eigenvalue weighted by atomic mass is 35.5. The zero-order chi connectivity index (χ0) is 17.8. The molecule has 0 atom stereocenters. The molecule has 0 unspecified atom stereocenters. The van der Waals surface area contributed by atoms with E-state index in [2.05, 4.69) is 9.88 Å². The molecule has 6 heteroatoms. The first-order valence-electron chi connectivity index (χ1n) is 7.59. The Kier molecular flexibility index (Phi) is 5.31. The maximum absolute atomic E-state index is 9.28. The number of rotatable bonds is 5. The van der Waals surface area contributed by atoms with E-state index < -0.39 is 0 Å². The molecular weight excluding hydrogens is 359 g/mol. The molecule has 1 N–H and O–H groups in total. The summed E-state index contributed by atoms with van der Waals surface area (Å²) >= 11 is 12.0. The Hall–Kier alpha value is -2.43. The molecule has 0 bridgehead atoms. The van der Waals surface area contributed by atoms with Crippen LogP contribution in [0.2, 0.25) is 10.0 Å². The van der Waals surface area contributed by atoms with E-state index in [1.54, 1.807) is 42.6 Å². The van der Waals surface area contributed by atoms with Crippen molar-refractivity contribution in [2.24, 2.45) is 0 Å². The van der Waals surface area contributed by atoms with Crippen LogP contribution in [0.1, 0.15) is 5.56 Å². The number of pyridine rings is 1. The monoisotopic (exact) mass is 374 g/mol. The number of ether oxygens (including phenoxy) is 1. The van der Waals surface area contributed by atoms with Crippen molar-refractivity contribution >= 4 is 28.9 Å². The third kappa shape index (κ3) is 4.56. The van der Waals surface area contributed by atoms with E-state index in [-0.39, 0.29) is 5.75 Å². The van der Waals surface area contributed by atoms with E-state index in [1.807, 2.05) is 25.2 Å². The largest absolute Gasteiger partial charge is 0.508 e. The third-order valence-electron chi connectivity index (χ3n) is 3.62. The van der Waals surface area contributed by atoms with Crippen LogP contribution in [0, 0.1) is 0 Å². The van der Waals surface area contributed by atoms with Gasteiger partial charge in [0, 0.05) is 19.7 Å². The minimum atomic E-state index is 0.194. The van der Waals surface area contributed by atoms with Gasteiger partial charge in [-0.1, -0.05) is 29.3 Å². The van der Waals surface area contributed by atoms with Gasteiger partial charge in [0.2, 0.25) is 5.88 Å². The van der Waals surface area contributed by atoms with Crippen LogP contribution in [0.25, 0.3) is 0 Å². The molecule has 0 saturated carbocycles. The fourth-order valence-electron chi connectivity index (χ4n) is 2.30. The summed E-state index contributed by atoms with van der Waals surface area (Å²) in [6.45, 7) is 0.677.